The first kappa shape index (κ1) is 30.1. The molecule has 0 atom stereocenters. The van der Waals surface area contributed by atoms with E-state index in [2.05, 4.69) is 186 Å². The lowest BCUT2D eigenvalue weighted by atomic mass is 9.80. The molecule has 0 heteroatoms. The Bertz CT molecular complexity index is 2750. The van der Waals surface area contributed by atoms with Crippen LogP contribution in [0.5, 0.6) is 0 Å². The van der Waals surface area contributed by atoms with Crippen LogP contribution in [-0.2, 0) is 10.8 Å². The van der Waals surface area contributed by atoms with Crippen LogP contribution in [0.1, 0.15) is 55.5 Å². The minimum absolute atomic E-state index is 0.00782. The number of rotatable bonds is 3. The molecule has 0 saturated carbocycles. The number of aryl methyl sites for hydroxylation is 1. The number of hydrogen-bond donors (Lipinski definition) is 0. The smallest absolute Gasteiger partial charge is 0.0159 e. The van der Waals surface area contributed by atoms with Crippen LogP contribution in [0.2, 0.25) is 0 Å². The van der Waals surface area contributed by atoms with E-state index in [1.54, 1.807) is 0 Å². The first-order valence-electron chi connectivity index (χ1n) is 18.2. The minimum atomic E-state index is -0.104. The highest BCUT2D eigenvalue weighted by Crippen LogP contribution is 2.52. The molecule has 0 bridgehead atoms. The molecule has 8 aromatic carbocycles. The lowest BCUT2D eigenvalue weighted by molar-refractivity contribution is 0.659. The van der Waals surface area contributed by atoms with Gasteiger partial charge in [0, 0.05) is 10.8 Å². The number of hydrogen-bond acceptors (Lipinski definition) is 0. The van der Waals surface area contributed by atoms with Crippen molar-refractivity contribution >= 4 is 21.5 Å². The van der Waals surface area contributed by atoms with Crippen molar-refractivity contribution in [3.63, 3.8) is 0 Å². The third kappa shape index (κ3) is 4.46. The van der Waals surface area contributed by atoms with Gasteiger partial charge in [-0.25, -0.2) is 0 Å². The Morgan fingerprint density at radius 2 is 0.725 bits per heavy atom. The second-order valence-corrected chi connectivity index (χ2v) is 15.9. The molecule has 8 aromatic rings. The van der Waals surface area contributed by atoms with Crippen molar-refractivity contribution in [3.05, 3.63) is 179 Å². The molecule has 0 saturated heterocycles. The van der Waals surface area contributed by atoms with E-state index in [4.69, 9.17) is 0 Å². The Morgan fingerprint density at radius 3 is 1.27 bits per heavy atom. The second kappa shape index (κ2) is 10.6. The van der Waals surface area contributed by atoms with E-state index >= 15 is 0 Å². The van der Waals surface area contributed by atoms with Gasteiger partial charge in [-0.1, -0.05) is 143 Å². The van der Waals surface area contributed by atoms with E-state index in [-0.39, 0.29) is 10.8 Å². The normalized spacial score (nSPS) is 14.7. The third-order valence-corrected chi connectivity index (χ3v) is 12.2. The molecule has 0 N–H and O–H groups in total. The van der Waals surface area contributed by atoms with Crippen molar-refractivity contribution in [1.82, 2.24) is 0 Å². The van der Waals surface area contributed by atoms with E-state index in [1.807, 2.05) is 0 Å². The van der Waals surface area contributed by atoms with Crippen LogP contribution in [0.15, 0.2) is 152 Å². The molecule has 0 nitrogen and oxygen atoms in total. The van der Waals surface area contributed by atoms with E-state index < -0.39 is 0 Å². The van der Waals surface area contributed by atoms with Crippen molar-refractivity contribution in [2.45, 2.75) is 45.4 Å². The Hall–Kier alpha value is -5.72. The second-order valence-electron chi connectivity index (χ2n) is 15.9. The van der Waals surface area contributed by atoms with Crippen LogP contribution < -0.4 is 0 Å². The van der Waals surface area contributed by atoms with Gasteiger partial charge in [-0.2, -0.15) is 0 Å². The summed E-state index contributed by atoms with van der Waals surface area (Å²) in [5.74, 6) is 0. The molecule has 0 fully saturated rings. The van der Waals surface area contributed by atoms with Crippen molar-refractivity contribution in [2.24, 2.45) is 0 Å². The fourth-order valence-electron chi connectivity index (χ4n) is 9.21. The summed E-state index contributed by atoms with van der Waals surface area (Å²) in [5, 5.41) is 5.14. The maximum atomic E-state index is 2.45. The molecule has 2 aliphatic carbocycles. The zero-order valence-corrected chi connectivity index (χ0v) is 29.9. The predicted molar refractivity (Wildman–Crippen MR) is 218 cm³/mol. The minimum Gasteiger partial charge on any atom is -0.0619 e. The van der Waals surface area contributed by atoms with Crippen molar-refractivity contribution in [2.75, 3.05) is 0 Å². The van der Waals surface area contributed by atoms with E-state index in [1.165, 1.54) is 105 Å². The highest BCUT2D eigenvalue weighted by atomic mass is 14.4. The lowest BCUT2D eigenvalue weighted by Gasteiger charge is -2.23. The summed E-state index contributed by atoms with van der Waals surface area (Å²) in [6.45, 7) is 11.7. The highest BCUT2D eigenvalue weighted by Gasteiger charge is 2.37. The molecule has 0 spiro atoms. The van der Waals surface area contributed by atoms with Crippen LogP contribution in [0.4, 0.5) is 0 Å². The Kier molecular flexibility index (Phi) is 6.29. The lowest BCUT2D eigenvalue weighted by Crippen LogP contribution is -2.15. The van der Waals surface area contributed by atoms with Crippen LogP contribution >= 0.6 is 0 Å². The van der Waals surface area contributed by atoms with Crippen LogP contribution in [0.3, 0.4) is 0 Å². The largest absolute Gasteiger partial charge is 0.0619 e. The molecular formula is C51H40. The zero-order valence-electron chi connectivity index (χ0n) is 29.9. The van der Waals surface area contributed by atoms with Gasteiger partial charge in [-0.15, -0.1) is 0 Å². The summed E-state index contributed by atoms with van der Waals surface area (Å²) in [6, 6.07) is 57.4. The average molecular weight is 653 g/mol. The standard InChI is InChI=1S/C51H40/c1-31-9-8-10-40-27-36(17-21-41(31)40)34-14-13-33-26-35(16-15-32(33)25-34)37-18-23-44-45-24-20-39(30-49(45)51(4,5)48(44)28-37)38-19-22-43-42-11-6-7-12-46(42)50(2,3)47(43)29-38/h6-30H,1-5H3. The van der Waals surface area contributed by atoms with Crippen molar-refractivity contribution < 1.29 is 0 Å². The van der Waals surface area contributed by atoms with Gasteiger partial charge in [0.2, 0.25) is 0 Å². The van der Waals surface area contributed by atoms with Gasteiger partial charge in [0.25, 0.3) is 0 Å². The quantitative estimate of drug-likeness (QED) is 0.178. The Labute approximate surface area is 301 Å². The Balaban J connectivity index is 0.974. The van der Waals surface area contributed by atoms with Gasteiger partial charge in [-0.3, -0.25) is 0 Å². The Morgan fingerprint density at radius 1 is 0.314 bits per heavy atom. The number of fused-ring (bicyclic) bond motifs is 8. The fourth-order valence-corrected chi connectivity index (χ4v) is 9.21. The summed E-state index contributed by atoms with van der Waals surface area (Å²) < 4.78 is 0. The molecule has 0 unspecified atom stereocenters. The van der Waals surface area contributed by atoms with Crippen LogP contribution in [0.25, 0.3) is 77.2 Å². The summed E-state index contributed by atoms with van der Waals surface area (Å²) in [7, 11) is 0. The molecule has 0 radical (unpaired) electrons. The molecule has 0 aliphatic heterocycles. The summed E-state index contributed by atoms with van der Waals surface area (Å²) >= 11 is 0. The molecule has 0 amide bonds. The van der Waals surface area contributed by atoms with Gasteiger partial charge < -0.3 is 0 Å². The summed E-state index contributed by atoms with van der Waals surface area (Å²) in [5.41, 5.74) is 19.9. The first-order chi connectivity index (χ1) is 24.7. The fraction of sp³-hybridized carbons (Fsp3) is 0.137. The van der Waals surface area contributed by atoms with Crippen LogP contribution in [0, 0.1) is 6.92 Å². The van der Waals surface area contributed by atoms with Gasteiger partial charge in [0.05, 0.1) is 0 Å². The van der Waals surface area contributed by atoms with Crippen molar-refractivity contribution in [3.8, 4) is 55.6 Å². The van der Waals surface area contributed by atoms with Gasteiger partial charge >= 0.3 is 0 Å². The molecule has 2 aliphatic rings. The topological polar surface area (TPSA) is 0 Å². The van der Waals surface area contributed by atoms with E-state index in [0.717, 1.165) is 0 Å². The van der Waals surface area contributed by atoms with Crippen LogP contribution in [-0.4, -0.2) is 0 Å². The average Bonchev–Trinajstić information content (AvgIpc) is 3.53. The monoisotopic (exact) mass is 652 g/mol. The SMILES string of the molecule is Cc1cccc2cc(-c3ccc4cc(-c5ccc6c(c5)C(C)(C)c5cc(-c7ccc8c(c7)C(C)(C)c7ccccc7-8)ccc5-6)ccc4c3)ccc12. The van der Waals surface area contributed by atoms with Crippen molar-refractivity contribution in [1.29, 1.82) is 0 Å². The van der Waals surface area contributed by atoms with Gasteiger partial charge in [-0.05, 0) is 148 Å². The highest BCUT2D eigenvalue weighted by molar-refractivity contribution is 5.95. The first-order valence-corrected chi connectivity index (χ1v) is 18.2. The molecule has 0 heterocycles. The number of benzene rings is 8. The maximum Gasteiger partial charge on any atom is 0.0159 e. The van der Waals surface area contributed by atoms with E-state index in [0.29, 0.717) is 0 Å². The summed E-state index contributed by atoms with van der Waals surface area (Å²) in [4.78, 5) is 0. The third-order valence-electron chi connectivity index (χ3n) is 12.2. The molecule has 244 valence electrons. The maximum absolute atomic E-state index is 2.45. The van der Waals surface area contributed by atoms with Gasteiger partial charge in [0.1, 0.15) is 0 Å². The molecule has 51 heavy (non-hydrogen) atoms. The summed E-state index contributed by atoms with van der Waals surface area (Å²) in [6.07, 6.45) is 0. The molecular weight excluding hydrogens is 613 g/mol. The zero-order chi connectivity index (χ0) is 34.6. The molecule has 0 aromatic heterocycles. The van der Waals surface area contributed by atoms with E-state index in [9.17, 15) is 0 Å². The molecule has 10 rings (SSSR count). The van der Waals surface area contributed by atoms with Gasteiger partial charge in [0.15, 0.2) is 0 Å². The predicted octanol–water partition coefficient (Wildman–Crippen LogP) is 13.9.